The monoisotopic (exact) mass is 300 g/mol. The maximum atomic E-state index is 12.3. The lowest BCUT2D eigenvalue weighted by Crippen LogP contribution is -2.50. The summed E-state index contributed by atoms with van der Waals surface area (Å²) in [6.07, 6.45) is 3.07. The van der Waals surface area contributed by atoms with Crippen molar-refractivity contribution in [1.82, 2.24) is 9.80 Å². The number of carbonyl (C=O) groups is 1. The van der Waals surface area contributed by atoms with Crippen LogP contribution in [0.5, 0.6) is 0 Å². The predicted molar refractivity (Wildman–Crippen MR) is 81.1 cm³/mol. The molecule has 2 aliphatic rings. The van der Waals surface area contributed by atoms with Gasteiger partial charge in [-0.3, -0.25) is 9.69 Å². The Kier molecular flexibility index (Phi) is 5.97. The summed E-state index contributed by atoms with van der Waals surface area (Å²) < 4.78 is 0. The molecule has 0 spiro atoms. The average molecular weight is 300 g/mol. The number of carbonyl (C=O) groups excluding carboxylic acids is 1. The van der Waals surface area contributed by atoms with E-state index in [1.807, 2.05) is 16.7 Å². The molecule has 2 heterocycles. The largest absolute Gasteiger partial charge is 0.409 e. The molecule has 114 valence electrons. The van der Waals surface area contributed by atoms with Crippen molar-refractivity contribution in [3.8, 4) is 0 Å². The van der Waals surface area contributed by atoms with E-state index in [9.17, 15) is 4.79 Å². The van der Waals surface area contributed by atoms with Gasteiger partial charge in [-0.05, 0) is 30.3 Å². The predicted octanol–water partition coefficient (Wildman–Crippen LogP) is 0.410. The summed E-state index contributed by atoms with van der Waals surface area (Å²) in [7, 11) is 0. The van der Waals surface area contributed by atoms with Gasteiger partial charge < -0.3 is 15.8 Å². The number of nitrogens with zero attached hydrogens (tertiary/aromatic N) is 3. The molecule has 0 aromatic heterocycles. The summed E-state index contributed by atoms with van der Waals surface area (Å²) in [6, 6.07) is 0. The van der Waals surface area contributed by atoms with Gasteiger partial charge >= 0.3 is 0 Å². The molecule has 20 heavy (non-hydrogen) atoms. The Labute approximate surface area is 124 Å². The van der Waals surface area contributed by atoms with Crippen molar-refractivity contribution < 1.29 is 10.0 Å². The van der Waals surface area contributed by atoms with Gasteiger partial charge in [-0.25, -0.2) is 0 Å². The van der Waals surface area contributed by atoms with E-state index in [1.165, 1.54) is 24.3 Å². The zero-order valence-corrected chi connectivity index (χ0v) is 12.6. The number of oxime groups is 1. The number of amides is 1. The highest BCUT2D eigenvalue weighted by Crippen LogP contribution is 2.26. The molecule has 2 rings (SSSR count). The van der Waals surface area contributed by atoms with Gasteiger partial charge in [-0.1, -0.05) is 5.16 Å². The van der Waals surface area contributed by atoms with E-state index in [1.54, 1.807) is 0 Å². The fraction of sp³-hybridized carbons (Fsp3) is 0.846. The molecule has 2 fully saturated rings. The molecule has 0 radical (unpaired) electrons. The van der Waals surface area contributed by atoms with E-state index in [-0.39, 0.29) is 5.84 Å². The van der Waals surface area contributed by atoms with E-state index >= 15 is 0 Å². The van der Waals surface area contributed by atoms with Crippen molar-refractivity contribution >= 4 is 23.5 Å². The van der Waals surface area contributed by atoms with Crippen LogP contribution >= 0.6 is 11.8 Å². The van der Waals surface area contributed by atoms with Gasteiger partial charge in [0, 0.05) is 32.6 Å². The average Bonchev–Trinajstić information content (AvgIpc) is 2.49. The second-order valence-electron chi connectivity index (χ2n) is 5.51. The molecular formula is C13H24N4O2S. The molecule has 0 saturated carbocycles. The Morgan fingerprint density at radius 2 is 1.90 bits per heavy atom. The van der Waals surface area contributed by atoms with Crippen LogP contribution in [-0.4, -0.2) is 71.0 Å². The molecule has 0 aliphatic carbocycles. The van der Waals surface area contributed by atoms with Crippen LogP contribution in [0.25, 0.3) is 0 Å². The number of nitrogens with two attached hydrogens (primary N) is 1. The molecule has 1 amide bonds. The number of rotatable bonds is 4. The summed E-state index contributed by atoms with van der Waals surface area (Å²) in [5, 5.41) is 11.5. The number of piperazine rings is 1. The van der Waals surface area contributed by atoms with Gasteiger partial charge in [0.05, 0.1) is 6.54 Å². The number of hydrogen-bond donors (Lipinski definition) is 2. The summed E-state index contributed by atoms with van der Waals surface area (Å²) >= 11 is 1.99. The number of thioether (sulfide) groups is 1. The topological polar surface area (TPSA) is 82.2 Å². The van der Waals surface area contributed by atoms with Crippen LogP contribution in [0.2, 0.25) is 0 Å². The van der Waals surface area contributed by atoms with Gasteiger partial charge in [0.25, 0.3) is 0 Å². The number of hydrogen-bond acceptors (Lipinski definition) is 5. The Hall–Kier alpha value is -0.950. The van der Waals surface area contributed by atoms with E-state index in [4.69, 9.17) is 10.9 Å². The first kappa shape index (κ1) is 15.4. The molecule has 0 aromatic rings. The molecule has 6 nitrogen and oxygen atoms in total. The van der Waals surface area contributed by atoms with Gasteiger partial charge in [0.2, 0.25) is 5.91 Å². The lowest BCUT2D eigenvalue weighted by Gasteiger charge is -2.35. The van der Waals surface area contributed by atoms with E-state index in [0.29, 0.717) is 24.8 Å². The van der Waals surface area contributed by atoms with Crippen molar-refractivity contribution in [3.05, 3.63) is 0 Å². The van der Waals surface area contributed by atoms with E-state index < -0.39 is 0 Å². The van der Waals surface area contributed by atoms with Crippen LogP contribution in [0.4, 0.5) is 0 Å². The Bertz CT molecular complexity index is 350. The lowest BCUT2D eigenvalue weighted by atomic mass is 9.98. The van der Waals surface area contributed by atoms with Gasteiger partial charge in [0.1, 0.15) is 0 Å². The third-order valence-electron chi connectivity index (χ3n) is 4.04. The zero-order valence-electron chi connectivity index (χ0n) is 11.8. The molecule has 7 heteroatoms. The second kappa shape index (κ2) is 7.73. The van der Waals surface area contributed by atoms with Crippen LogP contribution in [0.1, 0.15) is 19.3 Å². The van der Waals surface area contributed by atoms with Gasteiger partial charge in [-0.2, -0.15) is 11.8 Å². The Morgan fingerprint density at radius 3 is 2.50 bits per heavy atom. The lowest BCUT2D eigenvalue weighted by molar-refractivity contribution is -0.133. The molecule has 2 aliphatic heterocycles. The van der Waals surface area contributed by atoms with Crippen molar-refractivity contribution in [2.45, 2.75) is 19.3 Å². The minimum atomic E-state index is 0.226. The SMILES string of the molecule is NC(CN1CCN(C(=O)CC2CCSCC2)CC1)=NO. The molecule has 3 N–H and O–H groups in total. The van der Waals surface area contributed by atoms with E-state index in [2.05, 4.69) is 10.1 Å². The fourth-order valence-electron chi connectivity index (χ4n) is 2.74. The van der Waals surface area contributed by atoms with E-state index in [0.717, 1.165) is 26.2 Å². The summed E-state index contributed by atoms with van der Waals surface area (Å²) in [6.45, 7) is 3.56. The maximum Gasteiger partial charge on any atom is 0.222 e. The highest BCUT2D eigenvalue weighted by Gasteiger charge is 2.24. The molecule has 2 saturated heterocycles. The van der Waals surface area contributed by atoms with Gasteiger partial charge in [-0.15, -0.1) is 0 Å². The first-order chi connectivity index (χ1) is 9.69. The maximum absolute atomic E-state index is 12.3. The minimum Gasteiger partial charge on any atom is -0.409 e. The number of amidine groups is 1. The minimum absolute atomic E-state index is 0.226. The van der Waals surface area contributed by atoms with Crippen molar-refractivity contribution in [1.29, 1.82) is 0 Å². The van der Waals surface area contributed by atoms with Crippen LogP contribution in [0.15, 0.2) is 5.16 Å². The van der Waals surface area contributed by atoms with Gasteiger partial charge in [0.15, 0.2) is 5.84 Å². The van der Waals surface area contributed by atoms with Crippen LogP contribution in [-0.2, 0) is 4.79 Å². The highest BCUT2D eigenvalue weighted by molar-refractivity contribution is 7.99. The zero-order chi connectivity index (χ0) is 14.4. The molecule has 0 atom stereocenters. The van der Waals surface area contributed by atoms with Crippen LogP contribution in [0.3, 0.4) is 0 Å². The van der Waals surface area contributed by atoms with Crippen molar-refractivity contribution in [3.63, 3.8) is 0 Å². The first-order valence-electron chi connectivity index (χ1n) is 7.23. The Balaban J connectivity index is 1.71. The third-order valence-corrected chi connectivity index (χ3v) is 5.09. The third kappa shape index (κ3) is 4.56. The molecular weight excluding hydrogens is 276 g/mol. The molecule has 0 unspecified atom stereocenters. The van der Waals surface area contributed by atoms with Crippen LogP contribution < -0.4 is 5.73 Å². The second-order valence-corrected chi connectivity index (χ2v) is 6.73. The highest BCUT2D eigenvalue weighted by atomic mass is 32.2. The first-order valence-corrected chi connectivity index (χ1v) is 8.39. The molecule has 0 aromatic carbocycles. The van der Waals surface area contributed by atoms with Crippen LogP contribution in [0, 0.1) is 5.92 Å². The summed E-state index contributed by atoms with van der Waals surface area (Å²) in [4.78, 5) is 16.3. The smallest absolute Gasteiger partial charge is 0.222 e. The van der Waals surface area contributed by atoms with Crippen molar-refractivity contribution in [2.75, 3.05) is 44.2 Å². The van der Waals surface area contributed by atoms with Crippen molar-refractivity contribution in [2.24, 2.45) is 16.8 Å². The fourth-order valence-corrected chi connectivity index (χ4v) is 3.95. The standard InChI is InChI=1S/C13H24N4O2S/c14-12(15-19)10-16-3-5-17(6-4-16)13(18)9-11-1-7-20-8-2-11/h11,19H,1-10H2,(H2,14,15). The quantitative estimate of drug-likeness (QED) is 0.340. The Morgan fingerprint density at radius 1 is 1.25 bits per heavy atom. The summed E-state index contributed by atoms with van der Waals surface area (Å²) in [5.74, 6) is 3.51. The summed E-state index contributed by atoms with van der Waals surface area (Å²) in [5.41, 5.74) is 5.50. The molecule has 0 bridgehead atoms. The normalized spacial score (nSPS) is 23.0.